The van der Waals surface area contributed by atoms with Crippen LogP contribution >= 0.6 is 0 Å². The Morgan fingerprint density at radius 3 is 2.33 bits per heavy atom. The molecule has 0 aliphatic heterocycles. The summed E-state index contributed by atoms with van der Waals surface area (Å²) in [5.74, 6) is 0.143. The van der Waals surface area contributed by atoms with E-state index >= 15 is 0 Å². The van der Waals surface area contributed by atoms with Crippen LogP contribution in [0.25, 0.3) is 0 Å². The van der Waals surface area contributed by atoms with Gasteiger partial charge in [0, 0.05) is 41.5 Å². The predicted molar refractivity (Wildman–Crippen MR) is 177 cm³/mol. The number of benzene rings is 1. The molecule has 0 saturated heterocycles. The molecule has 8 heteroatoms. The smallest absolute Gasteiger partial charge is 0.302 e. The number of fused-ring (bicyclic) bond motifs is 7. The second-order valence-corrected chi connectivity index (χ2v) is 17.5. The van der Waals surface area contributed by atoms with Crippen LogP contribution in [0.1, 0.15) is 113 Å². The molecule has 5 aliphatic carbocycles. The normalized spacial score (nSPS) is 42.7. The number of anilines is 1. The molecule has 0 spiro atoms. The van der Waals surface area contributed by atoms with Gasteiger partial charge in [-0.3, -0.25) is 24.5 Å². The fourth-order valence-electron chi connectivity index (χ4n) is 11.8. The lowest BCUT2D eigenvalue weighted by atomic mass is 9.33. The minimum atomic E-state index is -0.669. The van der Waals surface area contributed by atoms with E-state index in [1.807, 2.05) is 13.0 Å². The number of carbonyl (C=O) groups is 3. The van der Waals surface area contributed by atoms with E-state index in [0.29, 0.717) is 12.1 Å². The van der Waals surface area contributed by atoms with Crippen LogP contribution < -0.4 is 5.32 Å². The first-order valence-corrected chi connectivity index (χ1v) is 17.3. The summed E-state index contributed by atoms with van der Waals surface area (Å²) in [5, 5.41) is 14.3. The monoisotopic (exact) mass is 632 g/mol. The Balaban J connectivity index is 1.33. The number of nitrogens with one attached hydrogen (secondary N) is 1. The van der Waals surface area contributed by atoms with Gasteiger partial charge in [-0.05, 0) is 103 Å². The highest BCUT2D eigenvalue weighted by molar-refractivity contribution is 5.97. The molecule has 6 rings (SSSR count). The number of carbonyl (C=O) groups excluding carboxylic acids is 3. The average molecular weight is 633 g/mol. The Labute approximate surface area is 273 Å². The van der Waals surface area contributed by atoms with Gasteiger partial charge in [0.15, 0.2) is 5.78 Å². The molecular formula is C38H52N2O6. The summed E-state index contributed by atoms with van der Waals surface area (Å²) in [7, 11) is 0. The van der Waals surface area contributed by atoms with Gasteiger partial charge in [-0.25, -0.2) is 0 Å². The van der Waals surface area contributed by atoms with E-state index in [2.05, 4.69) is 46.9 Å². The summed E-state index contributed by atoms with van der Waals surface area (Å²) in [6, 6.07) is 6.12. The van der Waals surface area contributed by atoms with Gasteiger partial charge < -0.3 is 10.1 Å². The van der Waals surface area contributed by atoms with Crippen molar-refractivity contribution in [2.45, 2.75) is 119 Å². The highest BCUT2D eigenvalue weighted by atomic mass is 16.6. The first kappa shape index (κ1) is 32.9. The number of hydrogen-bond donors (Lipinski definition) is 1. The molecule has 1 aromatic rings. The number of ketones is 1. The van der Waals surface area contributed by atoms with Gasteiger partial charge in [0.1, 0.15) is 6.10 Å². The van der Waals surface area contributed by atoms with E-state index in [1.54, 1.807) is 12.1 Å². The van der Waals surface area contributed by atoms with E-state index in [-0.39, 0.29) is 74.3 Å². The van der Waals surface area contributed by atoms with Crippen LogP contribution in [0.3, 0.4) is 0 Å². The van der Waals surface area contributed by atoms with E-state index < -0.39 is 10.3 Å². The van der Waals surface area contributed by atoms with Crippen molar-refractivity contribution in [3.63, 3.8) is 0 Å². The van der Waals surface area contributed by atoms with Crippen molar-refractivity contribution >= 4 is 29.0 Å². The van der Waals surface area contributed by atoms with Gasteiger partial charge in [-0.15, -0.1) is 0 Å². The standard InChI is InChI=1S/C38H52N2O6/c1-23(41)46-30-13-14-36(6)29(33(30,2)3)12-15-38(8)31(36)28(42)21-26-27-22-35(5,17-16-34(27,4)18-19-37(26,38)7)32(43)39-24-10-9-11-25(20-24)40(44)45/h9-11,20-21,27,29-31H,12-19,22H2,1-8H3,(H,39,43)/t27-,29+,30+,31+,34-,35+,36+,37-,38+/m0/s1. The first-order chi connectivity index (χ1) is 21.3. The number of amides is 1. The molecule has 0 bridgehead atoms. The van der Waals surface area contributed by atoms with Gasteiger partial charge >= 0.3 is 5.97 Å². The van der Waals surface area contributed by atoms with E-state index in [4.69, 9.17) is 4.74 Å². The Morgan fingerprint density at radius 2 is 1.65 bits per heavy atom. The third-order valence-corrected chi connectivity index (χ3v) is 14.7. The predicted octanol–water partition coefficient (Wildman–Crippen LogP) is 8.45. The van der Waals surface area contributed by atoms with Crippen molar-refractivity contribution in [1.29, 1.82) is 0 Å². The van der Waals surface area contributed by atoms with E-state index in [9.17, 15) is 24.5 Å². The van der Waals surface area contributed by atoms with Crippen LogP contribution in [0, 0.1) is 60.4 Å². The zero-order valence-electron chi connectivity index (χ0n) is 29.0. The van der Waals surface area contributed by atoms with Crippen molar-refractivity contribution < 1.29 is 24.0 Å². The number of non-ortho nitro benzene ring substituents is 1. The molecule has 9 atom stereocenters. The van der Waals surface area contributed by atoms with Crippen molar-refractivity contribution in [3.05, 3.63) is 46.0 Å². The van der Waals surface area contributed by atoms with E-state index in [1.165, 1.54) is 24.6 Å². The molecule has 0 radical (unpaired) electrons. The van der Waals surface area contributed by atoms with Gasteiger partial charge in [0.2, 0.25) is 5.91 Å². The van der Waals surface area contributed by atoms with Gasteiger partial charge in [0.05, 0.1) is 4.92 Å². The maximum absolute atomic E-state index is 14.7. The molecule has 0 heterocycles. The fourth-order valence-corrected chi connectivity index (χ4v) is 11.8. The minimum absolute atomic E-state index is 0.00528. The van der Waals surface area contributed by atoms with Crippen molar-refractivity contribution in [2.24, 2.45) is 50.2 Å². The zero-order valence-corrected chi connectivity index (χ0v) is 29.0. The topological polar surface area (TPSA) is 116 Å². The Hall–Kier alpha value is -3.03. The quantitative estimate of drug-likeness (QED) is 0.202. The maximum Gasteiger partial charge on any atom is 0.302 e. The lowest BCUT2D eigenvalue weighted by molar-refractivity contribution is -0.384. The van der Waals surface area contributed by atoms with Gasteiger partial charge in [-0.2, -0.15) is 0 Å². The fraction of sp³-hybridized carbons (Fsp3) is 0.711. The number of allylic oxidation sites excluding steroid dienone is 2. The molecule has 8 nitrogen and oxygen atoms in total. The molecule has 0 aromatic heterocycles. The third kappa shape index (κ3) is 4.62. The Bertz CT molecular complexity index is 1530. The average Bonchev–Trinajstić information content (AvgIpc) is 2.96. The largest absolute Gasteiger partial charge is 0.462 e. The van der Waals surface area contributed by atoms with Crippen LogP contribution in [0.4, 0.5) is 11.4 Å². The molecule has 1 amide bonds. The molecule has 0 unspecified atom stereocenters. The van der Waals surface area contributed by atoms with Crippen LogP contribution in [0.15, 0.2) is 35.9 Å². The SMILES string of the molecule is CC(=O)O[C@@H]1CC[C@]2(C)[C@H](CC[C@]3(C)[C@@H]2C(=O)C=C2[C@@H]4C[C@](C)(C(=O)Nc5cccc([N+](=O)[O-])c5)CC[C@@]4(C)CC[C@@]23C)C1(C)C. The lowest BCUT2D eigenvalue weighted by Crippen LogP contribution is -2.66. The second-order valence-electron chi connectivity index (χ2n) is 17.5. The molecule has 4 fully saturated rings. The number of nitro groups is 1. The summed E-state index contributed by atoms with van der Waals surface area (Å²) < 4.78 is 5.86. The zero-order chi connectivity index (χ0) is 33.7. The molecular weight excluding hydrogens is 580 g/mol. The Morgan fingerprint density at radius 1 is 0.957 bits per heavy atom. The third-order valence-electron chi connectivity index (χ3n) is 14.7. The molecule has 250 valence electrons. The lowest BCUT2D eigenvalue weighted by Gasteiger charge is -2.70. The number of rotatable bonds is 4. The molecule has 1 aromatic carbocycles. The van der Waals surface area contributed by atoms with Crippen LogP contribution in [0.2, 0.25) is 0 Å². The molecule has 4 saturated carbocycles. The number of esters is 1. The summed E-state index contributed by atoms with van der Waals surface area (Å²) >= 11 is 0. The van der Waals surface area contributed by atoms with Crippen molar-refractivity contribution in [3.8, 4) is 0 Å². The summed E-state index contributed by atoms with van der Waals surface area (Å²) in [6.45, 7) is 17.5. The summed E-state index contributed by atoms with van der Waals surface area (Å²) in [4.78, 5) is 51.4. The first-order valence-electron chi connectivity index (χ1n) is 17.3. The summed E-state index contributed by atoms with van der Waals surface area (Å²) in [6.07, 6.45) is 9.82. The van der Waals surface area contributed by atoms with E-state index in [0.717, 1.165) is 51.4 Å². The minimum Gasteiger partial charge on any atom is -0.462 e. The number of hydrogen-bond acceptors (Lipinski definition) is 6. The number of nitro benzene ring substituents is 1. The molecule has 5 aliphatic rings. The Kier molecular flexibility index (Phi) is 7.50. The summed E-state index contributed by atoms with van der Waals surface area (Å²) in [5.41, 5.74) is 0.142. The molecule has 46 heavy (non-hydrogen) atoms. The highest BCUT2D eigenvalue weighted by Crippen LogP contribution is 2.75. The van der Waals surface area contributed by atoms with Crippen molar-refractivity contribution in [1.82, 2.24) is 0 Å². The van der Waals surface area contributed by atoms with Gasteiger partial charge in [-0.1, -0.05) is 60.1 Å². The van der Waals surface area contributed by atoms with Crippen LogP contribution in [-0.2, 0) is 19.1 Å². The second kappa shape index (κ2) is 10.5. The maximum atomic E-state index is 14.7. The highest BCUT2D eigenvalue weighted by Gasteiger charge is 2.70. The van der Waals surface area contributed by atoms with Crippen LogP contribution in [-0.4, -0.2) is 28.7 Å². The number of nitrogens with zero attached hydrogens (tertiary/aromatic N) is 1. The van der Waals surface area contributed by atoms with Crippen LogP contribution in [0.5, 0.6) is 0 Å². The van der Waals surface area contributed by atoms with Gasteiger partial charge in [0.25, 0.3) is 5.69 Å². The number of ether oxygens (including phenoxy) is 1. The molecule has 1 N–H and O–H groups in total. The van der Waals surface area contributed by atoms with Crippen molar-refractivity contribution in [2.75, 3.05) is 5.32 Å².